The van der Waals surface area contributed by atoms with E-state index in [1.54, 1.807) is 0 Å². The number of halogens is 1. The average molecular weight is 690 g/mol. The van der Waals surface area contributed by atoms with Gasteiger partial charge in [-0.3, -0.25) is 0 Å². The number of fused-ring (bicyclic) bond motifs is 1. The van der Waals surface area contributed by atoms with Gasteiger partial charge in [-0.15, -0.1) is 11.3 Å². The molecule has 0 atom stereocenters. The van der Waals surface area contributed by atoms with E-state index in [-0.39, 0.29) is 67.5 Å². The Morgan fingerprint density at radius 2 is 1.54 bits per heavy atom. The summed E-state index contributed by atoms with van der Waals surface area (Å²) in [7, 11) is -8.84. The second-order valence-corrected chi connectivity index (χ2v) is 14.4. The highest BCUT2D eigenvalue weighted by molar-refractivity contribution is 7.92. The van der Waals surface area contributed by atoms with Crippen molar-refractivity contribution >= 4 is 39.0 Å². The van der Waals surface area contributed by atoms with Crippen LogP contribution in [0.25, 0.3) is 10.1 Å². The second kappa shape index (κ2) is 15.3. The maximum atomic E-state index is 15.9. The number of nitrogens with two attached hydrogens (primary N) is 2. The molecule has 0 aliphatic heterocycles. The van der Waals surface area contributed by atoms with Crippen molar-refractivity contribution in [1.29, 1.82) is 10.5 Å². The van der Waals surface area contributed by atoms with Crippen LogP contribution < -0.4 is 34.7 Å². The fourth-order valence-corrected chi connectivity index (χ4v) is 8.77. The van der Waals surface area contributed by atoms with E-state index in [0.717, 1.165) is 23.7 Å². The molecule has 46 heavy (non-hydrogen) atoms. The van der Waals surface area contributed by atoms with Gasteiger partial charge >= 0.3 is 7.60 Å². The molecule has 0 unspecified atom stereocenters. The van der Waals surface area contributed by atoms with Gasteiger partial charge in [0.05, 0.1) is 25.6 Å². The van der Waals surface area contributed by atoms with Gasteiger partial charge < -0.3 is 30.0 Å². The molecule has 0 saturated heterocycles. The number of aromatic nitrogens is 2. The van der Waals surface area contributed by atoms with Gasteiger partial charge in [0.1, 0.15) is 45.5 Å². The molecule has 4 aromatic rings. The Morgan fingerprint density at radius 3 is 2.04 bits per heavy atom. The van der Waals surface area contributed by atoms with Gasteiger partial charge in [-0.2, -0.15) is 15.2 Å². The first-order valence-electron chi connectivity index (χ1n) is 13.7. The van der Waals surface area contributed by atoms with Crippen molar-refractivity contribution in [3.63, 3.8) is 0 Å². The summed E-state index contributed by atoms with van der Waals surface area (Å²) in [5.41, 5.74) is 11.3. The number of nitrogens with one attached hydrogen (secondary N) is 1. The van der Waals surface area contributed by atoms with Crippen LogP contribution in [-0.2, 0) is 14.6 Å². The van der Waals surface area contributed by atoms with Gasteiger partial charge in [-0.1, -0.05) is 0 Å². The molecule has 0 fully saturated rings. The fourth-order valence-electron chi connectivity index (χ4n) is 3.95. The number of hydrogen-bond donors (Lipinski definition) is 3. The number of pyridine rings is 2. The molecule has 0 aliphatic rings. The van der Waals surface area contributed by atoms with Crippen molar-refractivity contribution in [2.75, 3.05) is 32.6 Å². The average Bonchev–Trinajstić information content (AvgIpc) is 3.39. The lowest BCUT2D eigenvalue weighted by molar-refractivity contribution is 0.256. The Hall–Kier alpha value is -4.35. The van der Waals surface area contributed by atoms with Gasteiger partial charge in [0.25, 0.3) is 10.0 Å². The van der Waals surface area contributed by atoms with Crippen LogP contribution in [0.1, 0.15) is 29.8 Å². The van der Waals surface area contributed by atoms with Gasteiger partial charge in [0, 0.05) is 16.2 Å². The lowest BCUT2D eigenvalue weighted by Gasteiger charge is -2.20. The van der Waals surface area contributed by atoms with E-state index < -0.39 is 29.7 Å². The monoisotopic (exact) mass is 689 g/mol. The molecule has 3 aromatic heterocycles. The van der Waals surface area contributed by atoms with Crippen LogP contribution in [0.2, 0.25) is 0 Å². The molecule has 18 heteroatoms. The zero-order valence-electron chi connectivity index (χ0n) is 24.4. The Balaban J connectivity index is 1.67. The van der Waals surface area contributed by atoms with Gasteiger partial charge in [0.15, 0.2) is 17.3 Å². The predicted molar refractivity (Wildman–Crippen MR) is 167 cm³/mol. The maximum Gasteiger partial charge on any atom is 0.445 e. The molecule has 0 amide bonds. The second-order valence-electron chi connectivity index (χ2n) is 9.47. The van der Waals surface area contributed by atoms with Crippen molar-refractivity contribution in [3.8, 4) is 35.1 Å². The van der Waals surface area contributed by atoms with E-state index >= 15 is 4.39 Å². The third kappa shape index (κ3) is 8.27. The van der Waals surface area contributed by atoms with E-state index in [2.05, 4.69) is 14.7 Å². The minimum Gasteiger partial charge on any atom is -0.489 e. The minimum atomic E-state index is -4.44. The molecule has 0 bridgehead atoms. The highest BCUT2D eigenvalue weighted by Gasteiger charge is 2.34. The third-order valence-corrected chi connectivity index (χ3v) is 11.1. The highest BCUT2D eigenvalue weighted by Crippen LogP contribution is 2.48. The SMILES string of the molecule is Cc1c(S(=O)(=O)NCP(=O)(Oc2ccc(C#N)nc2)Oc2ccc(C#N)nc2)sc2cc(OCCCN)c(OCCCN)c(F)c12. The Bertz CT molecular complexity index is 1860. The molecule has 0 saturated carbocycles. The normalized spacial score (nSPS) is 11.5. The number of aryl methyl sites for hydroxylation is 1. The van der Waals surface area contributed by atoms with Gasteiger partial charge in [-0.25, -0.2) is 27.3 Å². The van der Waals surface area contributed by atoms with E-state index in [1.807, 2.05) is 12.1 Å². The summed E-state index contributed by atoms with van der Waals surface area (Å²) in [5, 5.41) is 18.0. The number of rotatable bonds is 16. The molecular weight excluding hydrogens is 660 g/mol. The smallest absolute Gasteiger partial charge is 0.445 e. The fraction of sp³-hybridized carbons (Fsp3) is 0.286. The van der Waals surface area contributed by atoms with Crippen molar-refractivity contribution in [3.05, 3.63) is 65.5 Å². The predicted octanol–water partition coefficient (Wildman–Crippen LogP) is 3.92. The summed E-state index contributed by atoms with van der Waals surface area (Å²) >= 11 is 0.779. The lowest BCUT2D eigenvalue weighted by atomic mass is 10.1. The van der Waals surface area contributed by atoms with E-state index in [1.165, 1.54) is 37.3 Å². The van der Waals surface area contributed by atoms with Crippen LogP contribution in [0, 0.1) is 35.4 Å². The zero-order chi connectivity index (χ0) is 33.3. The molecule has 5 N–H and O–H groups in total. The topological polar surface area (TPSA) is 226 Å². The largest absolute Gasteiger partial charge is 0.489 e. The number of thiophene rings is 1. The molecular formula is C28H29FN7O7PS2. The first kappa shape index (κ1) is 34.5. The Kier molecular flexibility index (Phi) is 11.5. The first-order chi connectivity index (χ1) is 22.0. The quantitative estimate of drug-likeness (QED) is 0.112. The molecule has 0 aliphatic carbocycles. The van der Waals surface area contributed by atoms with E-state index in [9.17, 15) is 13.0 Å². The van der Waals surface area contributed by atoms with Gasteiger partial charge in [0.2, 0.25) is 0 Å². The first-order valence-corrected chi connectivity index (χ1v) is 17.7. The van der Waals surface area contributed by atoms with Crippen molar-refractivity contribution < 1.29 is 35.9 Å². The molecule has 242 valence electrons. The van der Waals surface area contributed by atoms with Crippen molar-refractivity contribution in [2.24, 2.45) is 11.5 Å². The van der Waals surface area contributed by atoms with Crippen LogP contribution in [0.5, 0.6) is 23.0 Å². The molecule has 0 radical (unpaired) electrons. The summed E-state index contributed by atoms with van der Waals surface area (Å²) in [6.45, 7) is 2.40. The summed E-state index contributed by atoms with van der Waals surface area (Å²) < 4.78 is 81.8. The van der Waals surface area contributed by atoms with Gasteiger partial charge in [-0.05, 0) is 62.7 Å². The summed E-state index contributed by atoms with van der Waals surface area (Å²) in [4.78, 5) is 7.71. The maximum absolute atomic E-state index is 15.9. The number of hydrogen-bond acceptors (Lipinski definition) is 14. The molecule has 14 nitrogen and oxygen atoms in total. The standard InChI is InChI=1S/C28H29FN7O7PS2/c1-18-25-24(12-23(40-10-2-8-30)27(26(25)29)41-11-3-9-31)45-28(18)46(38,39)36-17-44(37,42-21-6-4-19(13-32)34-15-21)43-22-7-5-20(14-33)35-16-22/h4-7,12,15-16,36H,2-3,8-11,17,30-31H2,1H3. The minimum absolute atomic E-state index is 0.0160. The van der Waals surface area contributed by atoms with Crippen LogP contribution in [0.3, 0.4) is 0 Å². The Labute approximate surface area is 268 Å². The number of benzene rings is 1. The Morgan fingerprint density at radius 1 is 0.978 bits per heavy atom. The van der Waals surface area contributed by atoms with Crippen molar-refractivity contribution in [2.45, 2.75) is 24.0 Å². The number of nitriles is 2. The molecule has 4 rings (SSSR count). The van der Waals surface area contributed by atoms with Crippen LogP contribution in [-0.4, -0.2) is 51.0 Å². The zero-order valence-corrected chi connectivity index (χ0v) is 27.0. The number of nitrogens with zero attached hydrogens (tertiary/aromatic N) is 4. The number of sulfonamides is 1. The van der Waals surface area contributed by atoms with E-state index in [0.29, 0.717) is 25.9 Å². The molecule has 0 spiro atoms. The van der Waals surface area contributed by atoms with Crippen LogP contribution in [0.4, 0.5) is 4.39 Å². The summed E-state index contributed by atoms with van der Waals surface area (Å²) in [6, 6.07) is 10.4. The summed E-state index contributed by atoms with van der Waals surface area (Å²) in [6.07, 6.45) is 2.33. The lowest BCUT2D eigenvalue weighted by Crippen LogP contribution is -2.27. The van der Waals surface area contributed by atoms with E-state index in [4.69, 9.17) is 40.5 Å². The summed E-state index contributed by atoms with van der Waals surface area (Å²) in [5.74, 6) is -1.03. The molecule has 3 heterocycles. The highest BCUT2D eigenvalue weighted by atomic mass is 32.2. The molecule has 1 aromatic carbocycles. The van der Waals surface area contributed by atoms with Crippen LogP contribution in [0.15, 0.2) is 46.9 Å². The van der Waals surface area contributed by atoms with Crippen LogP contribution >= 0.6 is 18.9 Å². The number of ether oxygens (including phenoxy) is 2. The van der Waals surface area contributed by atoms with Crippen molar-refractivity contribution in [1.82, 2.24) is 14.7 Å². The third-order valence-electron chi connectivity index (χ3n) is 6.12.